The van der Waals surface area contributed by atoms with Gasteiger partial charge < -0.3 is 14.8 Å². The molecule has 0 fully saturated rings. The highest BCUT2D eigenvalue weighted by Gasteiger charge is 2.36. The summed E-state index contributed by atoms with van der Waals surface area (Å²) in [5, 5.41) is 13.7. The monoisotopic (exact) mass is 456 g/mol. The van der Waals surface area contributed by atoms with Crippen LogP contribution in [0.2, 0.25) is 0 Å². The summed E-state index contributed by atoms with van der Waals surface area (Å²) in [6.07, 6.45) is 0. The molecular weight excluding hydrogens is 428 g/mol. The van der Waals surface area contributed by atoms with E-state index in [0.29, 0.717) is 33.0 Å². The van der Waals surface area contributed by atoms with Gasteiger partial charge in [0.25, 0.3) is 0 Å². The van der Waals surface area contributed by atoms with E-state index in [4.69, 9.17) is 9.47 Å². The Kier molecular flexibility index (Phi) is 8.28. The van der Waals surface area contributed by atoms with Gasteiger partial charge >= 0.3 is 11.9 Å². The number of hydrogen-bond acceptors (Lipinski definition) is 8. The molecule has 1 aromatic carbocycles. The van der Waals surface area contributed by atoms with Crippen LogP contribution in [0.4, 0.5) is 0 Å². The first kappa shape index (κ1) is 25.2. The van der Waals surface area contributed by atoms with Crippen molar-refractivity contribution in [3.63, 3.8) is 0 Å². The normalized spacial score (nSPS) is 16.2. The van der Waals surface area contributed by atoms with E-state index in [-0.39, 0.29) is 18.1 Å². The van der Waals surface area contributed by atoms with E-state index in [0.717, 1.165) is 0 Å². The number of nitrogens with zero attached hydrogens (tertiary/aromatic N) is 1. The Morgan fingerprint density at radius 1 is 1.16 bits per heavy atom. The number of allylic oxidation sites excluding steroid dienone is 2. The van der Waals surface area contributed by atoms with Gasteiger partial charge in [-0.25, -0.2) is 9.59 Å². The minimum absolute atomic E-state index is 0.0471. The molecule has 1 aliphatic heterocycles. The van der Waals surface area contributed by atoms with Gasteiger partial charge in [0.1, 0.15) is 5.78 Å². The molecule has 1 heterocycles. The topological polar surface area (TPSA) is 105 Å². The smallest absolute Gasteiger partial charge is 0.337 e. The molecule has 0 spiro atoms. The molecule has 2 rings (SSSR count). The number of nitriles is 1. The van der Waals surface area contributed by atoms with Crippen molar-refractivity contribution in [2.75, 3.05) is 19.5 Å². The molecule has 1 aromatic rings. The molecule has 1 atom stereocenters. The van der Waals surface area contributed by atoms with Crippen LogP contribution < -0.4 is 5.32 Å². The Morgan fingerprint density at radius 3 is 2.28 bits per heavy atom. The Hall–Kier alpha value is -3.05. The Bertz CT molecular complexity index is 1010. The van der Waals surface area contributed by atoms with Gasteiger partial charge in [-0.15, -0.1) is 0 Å². The fourth-order valence-corrected chi connectivity index (χ4v) is 4.38. The molecule has 0 amide bonds. The average Bonchev–Trinajstić information content (AvgIpc) is 2.75. The number of ether oxygens (including phenoxy) is 2. The lowest BCUT2D eigenvalue weighted by Gasteiger charge is -2.29. The van der Waals surface area contributed by atoms with E-state index in [2.05, 4.69) is 11.4 Å². The second-order valence-corrected chi connectivity index (χ2v) is 9.23. The molecule has 0 aliphatic carbocycles. The lowest BCUT2D eigenvalue weighted by atomic mass is 9.82. The number of carbonyl (C=O) groups is 3. The summed E-state index contributed by atoms with van der Waals surface area (Å²) in [6, 6.07) is 8.77. The van der Waals surface area contributed by atoms with Crippen molar-refractivity contribution >= 4 is 29.5 Å². The maximum Gasteiger partial charge on any atom is 0.337 e. The highest BCUT2D eigenvalue weighted by molar-refractivity contribution is 8.03. The molecule has 0 saturated carbocycles. The van der Waals surface area contributed by atoms with Crippen LogP contribution in [0.15, 0.2) is 46.1 Å². The second kappa shape index (κ2) is 10.5. The van der Waals surface area contributed by atoms with Crippen molar-refractivity contribution in [3.05, 3.63) is 57.3 Å². The van der Waals surface area contributed by atoms with Gasteiger partial charge in [0, 0.05) is 11.1 Å². The van der Waals surface area contributed by atoms with Crippen LogP contribution in [0.5, 0.6) is 0 Å². The number of Topliss-reactive ketones (excluding diaryl/α,β-unsaturated/α-hetero) is 1. The first-order valence-corrected chi connectivity index (χ1v) is 11.2. The standard InChI is InChI=1S/C24H28N2O5S/c1-7-31-23(29)19-14(2)26-21(32-13-18(27)24(3,4)5)17(12-25)20(19)15-8-10-16(11-9-15)22(28)30-6/h8-11,20,26H,7,13H2,1-6H3/t20-/m0/s1. The number of benzene rings is 1. The lowest BCUT2D eigenvalue weighted by Crippen LogP contribution is -2.30. The Morgan fingerprint density at radius 2 is 1.78 bits per heavy atom. The number of dihydropyridines is 1. The summed E-state index contributed by atoms with van der Waals surface area (Å²) in [5.74, 6) is -1.47. The zero-order valence-corrected chi connectivity index (χ0v) is 20.0. The molecule has 8 heteroatoms. The highest BCUT2D eigenvalue weighted by atomic mass is 32.2. The third-order valence-electron chi connectivity index (χ3n) is 4.99. The van der Waals surface area contributed by atoms with E-state index in [1.807, 2.05) is 20.8 Å². The van der Waals surface area contributed by atoms with Crippen molar-refractivity contribution in [1.82, 2.24) is 5.32 Å². The van der Waals surface area contributed by atoms with Gasteiger partial charge in [0.05, 0.1) is 53.2 Å². The maximum absolute atomic E-state index is 12.8. The number of carbonyl (C=O) groups excluding carboxylic acids is 3. The summed E-state index contributed by atoms with van der Waals surface area (Å²) in [6.45, 7) is 9.18. The van der Waals surface area contributed by atoms with Gasteiger partial charge in [-0.2, -0.15) is 5.26 Å². The average molecular weight is 457 g/mol. The number of nitrogens with one attached hydrogen (secondary N) is 1. The van der Waals surface area contributed by atoms with E-state index >= 15 is 0 Å². The molecule has 170 valence electrons. The number of methoxy groups -OCH3 is 1. The summed E-state index contributed by atoms with van der Waals surface area (Å²) in [4.78, 5) is 37.0. The second-order valence-electron chi connectivity index (χ2n) is 8.25. The van der Waals surface area contributed by atoms with E-state index in [1.54, 1.807) is 38.1 Å². The van der Waals surface area contributed by atoms with E-state index < -0.39 is 23.3 Å². The van der Waals surface area contributed by atoms with Crippen molar-refractivity contribution in [3.8, 4) is 6.07 Å². The number of ketones is 1. The predicted molar refractivity (Wildman–Crippen MR) is 123 cm³/mol. The third kappa shape index (κ3) is 5.60. The fourth-order valence-electron chi connectivity index (χ4n) is 3.12. The lowest BCUT2D eigenvalue weighted by molar-refractivity contribution is -0.138. The van der Waals surface area contributed by atoms with Crippen LogP contribution >= 0.6 is 11.8 Å². The van der Waals surface area contributed by atoms with Gasteiger partial charge in [-0.1, -0.05) is 44.7 Å². The summed E-state index contributed by atoms with van der Waals surface area (Å²) >= 11 is 1.24. The number of thioether (sulfide) groups is 1. The molecule has 32 heavy (non-hydrogen) atoms. The highest BCUT2D eigenvalue weighted by Crippen LogP contribution is 2.41. The van der Waals surface area contributed by atoms with Gasteiger partial charge in [0.2, 0.25) is 0 Å². The molecule has 0 saturated heterocycles. The predicted octanol–water partition coefficient (Wildman–Crippen LogP) is 4.08. The van der Waals surface area contributed by atoms with Crippen LogP contribution in [0.1, 0.15) is 56.5 Å². The van der Waals surface area contributed by atoms with Crippen molar-refractivity contribution < 1.29 is 23.9 Å². The largest absolute Gasteiger partial charge is 0.465 e. The Balaban J connectivity index is 2.54. The summed E-state index contributed by atoms with van der Waals surface area (Å²) in [7, 11) is 1.30. The zero-order valence-electron chi connectivity index (χ0n) is 19.2. The first-order valence-electron chi connectivity index (χ1n) is 10.2. The minimum Gasteiger partial charge on any atom is -0.465 e. The van der Waals surface area contributed by atoms with Crippen LogP contribution in [-0.4, -0.2) is 37.2 Å². The summed E-state index contributed by atoms with van der Waals surface area (Å²) < 4.78 is 9.99. The number of rotatable bonds is 7. The van der Waals surface area contributed by atoms with Crippen molar-refractivity contribution in [1.29, 1.82) is 5.26 Å². The fraction of sp³-hybridized carbons (Fsp3) is 0.417. The summed E-state index contributed by atoms with van der Waals surface area (Å²) in [5.41, 5.74) is 1.70. The molecular formula is C24H28N2O5S. The third-order valence-corrected chi connectivity index (χ3v) is 6.01. The van der Waals surface area contributed by atoms with Gasteiger partial charge in [-0.05, 0) is 31.5 Å². The van der Waals surface area contributed by atoms with Crippen LogP contribution in [-0.2, 0) is 19.1 Å². The molecule has 1 N–H and O–H groups in total. The number of esters is 2. The van der Waals surface area contributed by atoms with Crippen LogP contribution in [0, 0.1) is 16.7 Å². The van der Waals surface area contributed by atoms with Crippen molar-refractivity contribution in [2.24, 2.45) is 5.41 Å². The molecule has 0 unspecified atom stereocenters. The maximum atomic E-state index is 12.8. The van der Waals surface area contributed by atoms with Gasteiger partial charge in [-0.3, -0.25) is 4.79 Å². The molecule has 0 radical (unpaired) electrons. The quantitative estimate of drug-likeness (QED) is 0.612. The number of hydrogen-bond donors (Lipinski definition) is 1. The molecule has 0 aromatic heterocycles. The zero-order chi connectivity index (χ0) is 24.1. The molecule has 7 nitrogen and oxygen atoms in total. The minimum atomic E-state index is -0.695. The molecule has 0 bridgehead atoms. The van der Waals surface area contributed by atoms with E-state index in [9.17, 15) is 19.6 Å². The van der Waals surface area contributed by atoms with E-state index in [1.165, 1.54) is 18.9 Å². The van der Waals surface area contributed by atoms with Crippen molar-refractivity contribution in [2.45, 2.75) is 40.5 Å². The SMILES string of the molecule is CCOC(=O)C1=C(C)NC(SCC(=O)C(C)(C)C)=C(C#N)[C@@H]1c1ccc(C(=O)OC)cc1. The first-order chi connectivity index (χ1) is 15.0. The molecule has 1 aliphatic rings. The van der Waals surface area contributed by atoms with Crippen LogP contribution in [0.25, 0.3) is 0 Å². The Labute approximate surface area is 192 Å². The van der Waals surface area contributed by atoms with Gasteiger partial charge in [0.15, 0.2) is 0 Å². The van der Waals surface area contributed by atoms with Crippen LogP contribution in [0.3, 0.4) is 0 Å².